The zero-order chi connectivity index (χ0) is 16.9. The predicted octanol–water partition coefficient (Wildman–Crippen LogP) is 2.49. The van der Waals surface area contributed by atoms with Gasteiger partial charge in [-0.15, -0.1) is 0 Å². The van der Waals surface area contributed by atoms with Crippen molar-refractivity contribution in [3.63, 3.8) is 0 Å². The summed E-state index contributed by atoms with van der Waals surface area (Å²) in [5.41, 5.74) is 0.577. The number of sulfonamides is 1. The number of nitrogens with zero attached hydrogens (tertiary/aromatic N) is 1. The fourth-order valence-electron chi connectivity index (χ4n) is 1.80. The molecule has 0 aliphatic carbocycles. The first-order valence-electron chi connectivity index (χ1n) is 6.97. The zero-order valence-corrected chi connectivity index (χ0v) is 13.6. The van der Waals surface area contributed by atoms with E-state index in [9.17, 15) is 13.5 Å². The Labute approximate surface area is 135 Å². The highest BCUT2D eigenvalue weighted by atomic mass is 32.2. The second-order valence-corrected chi connectivity index (χ2v) is 6.75. The van der Waals surface area contributed by atoms with Crippen LogP contribution in [0.5, 0.6) is 11.5 Å². The SMILES string of the molecule is CC(C)Oc1ccc(S(=O)(=O)N/N=C/c2cccc(O)c2)cc1. The van der Waals surface area contributed by atoms with Crippen LogP contribution < -0.4 is 9.57 Å². The van der Waals surface area contributed by atoms with E-state index in [2.05, 4.69) is 9.93 Å². The molecule has 2 aromatic carbocycles. The molecule has 0 aromatic heterocycles. The van der Waals surface area contributed by atoms with Gasteiger partial charge in [0.25, 0.3) is 10.0 Å². The molecule has 0 amide bonds. The lowest BCUT2D eigenvalue weighted by molar-refractivity contribution is 0.242. The van der Waals surface area contributed by atoms with E-state index in [1.54, 1.807) is 24.3 Å². The van der Waals surface area contributed by atoms with E-state index in [1.165, 1.54) is 30.5 Å². The lowest BCUT2D eigenvalue weighted by atomic mass is 10.2. The van der Waals surface area contributed by atoms with E-state index in [0.29, 0.717) is 11.3 Å². The van der Waals surface area contributed by atoms with Crippen LogP contribution in [0.3, 0.4) is 0 Å². The molecule has 0 spiro atoms. The van der Waals surface area contributed by atoms with Gasteiger partial charge in [-0.05, 0) is 55.8 Å². The van der Waals surface area contributed by atoms with Gasteiger partial charge >= 0.3 is 0 Å². The maximum Gasteiger partial charge on any atom is 0.276 e. The second-order valence-electron chi connectivity index (χ2n) is 5.09. The molecule has 0 unspecified atom stereocenters. The molecule has 7 heteroatoms. The molecule has 2 rings (SSSR count). The molecule has 23 heavy (non-hydrogen) atoms. The van der Waals surface area contributed by atoms with Crippen LogP contribution in [0.1, 0.15) is 19.4 Å². The molecule has 122 valence electrons. The summed E-state index contributed by atoms with van der Waals surface area (Å²) in [5.74, 6) is 0.680. The highest BCUT2D eigenvalue weighted by Crippen LogP contribution is 2.17. The number of phenolic OH excluding ortho intramolecular Hbond substituents is 1. The zero-order valence-electron chi connectivity index (χ0n) is 12.8. The van der Waals surface area contributed by atoms with Crippen LogP contribution in [-0.4, -0.2) is 25.8 Å². The molecule has 2 aromatic rings. The number of hydrazone groups is 1. The fraction of sp³-hybridized carbons (Fsp3) is 0.188. The molecule has 0 aliphatic heterocycles. The monoisotopic (exact) mass is 334 g/mol. The Balaban J connectivity index is 2.06. The van der Waals surface area contributed by atoms with Crippen molar-refractivity contribution in [2.24, 2.45) is 5.10 Å². The van der Waals surface area contributed by atoms with Gasteiger partial charge in [-0.1, -0.05) is 12.1 Å². The molecule has 0 saturated heterocycles. The van der Waals surface area contributed by atoms with E-state index in [-0.39, 0.29) is 16.7 Å². The summed E-state index contributed by atoms with van der Waals surface area (Å²) in [6.07, 6.45) is 1.33. The maximum atomic E-state index is 12.1. The summed E-state index contributed by atoms with van der Waals surface area (Å²) >= 11 is 0. The number of nitrogens with one attached hydrogen (secondary N) is 1. The minimum Gasteiger partial charge on any atom is -0.508 e. The molecule has 0 aliphatic rings. The van der Waals surface area contributed by atoms with Gasteiger partial charge in [0.1, 0.15) is 11.5 Å². The van der Waals surface area contributed by atoms with E-state index < -0.39 is 10.0 Å². The molecular weight excluding hydrogens is 316 g/mol. The Morgan fingerprint density at radius 1 is 1.17 bits per heavy atom. The summed E-state index contributed by atoms with van der Waals surface area (Å²) in [5, 5.41) is 13.0. The number of aromatic hydroxyl groups is 1. The highest BCUT2D eigenvalue weighted by molar-refractivity contribution is 7.89. The van der Waals surface area contributed by atoms with Crippen molar-refractivity contribution >= 4 is 16.2 Å². The van der Waals surface area contributed by atoms with Crippen LogP contribution in [0, 0.1) is 0 Å². The summed E-state index contributed by atoms with van der Waals surface area (Å²) in [6, 6.07) is 12.4. The third-order valence-corrected chi connectivity index (χ3v) is 4.00. The van der Waals surface area contributed by atoms with Crippen LogP contribution in [0.25, 0.3) is 0 Å². The molecule has 6 nitrogen and oxygen atoms in total. The van der Waals surface area contributed by atoms with Crippen LogP contribution in [0.15, 0.2) is 58.5 Å². The minimum atomic E-state index is -3.75. The average Bonchev–Trinajstić information content (AvgIpc) is 2.47. The lowest BCUT2D eigenvalue weighted by Gasteiger charge is -2.10. The topological polar surface area (TPSA) is 88.0 Å². The molecule has 0 heterocycles. The first-order chi connectivity index (χ1) is 10.9. The van der Waals surface area contributed by atoms with Crippen LogP contribution >= 0.6 is 0 Å². The molecule has 0 fully saturated rings. The lowest BCUT2D eigenvalue weighted by Crippen LogP contribution is -2.18. The second kappa shape index (κ2) is 7.15. The van der Waals surface area contributed by atoms with Crippen molar-refractivity contribution < 1.29 is 18.3 Å². The van der Waals surface area contributed by atoms with Gasteiger partial charge in [0, 0.05) is 0 Å². The van der Waals surface area contributed by atoms with Crippen molar-refractivity contribution in [1.29, 1.82) is 0 Å². The Hall–Kier alpha value is -2.54. The van der Waals surface area contributed by atoms with Crippen LogP contribution in [-0.2, 0) is 10.0 Å². The van der Waals surface area contributed by atoms with E-state index in [1.807, 2.05) is 13.8 Å². The normalized spacial score (nSPS) is 11.8. The Kier molecular flexibility index (Phi) is 5.23. The molecule has 0 radical (unpaired) electrons. The third-order valence-electron chi connectivity index (χ3n) is 2.76. The Morgan fingerprint density at radius 2 is 1.87 bits per heavy atom. The standard InChI is InChI=1S/C16H18N2O4S/c1-12(2)22-15-6-8-16(9-7-15)23(20,21)18-17-11-13-4-3-5-14(19)10-13/h3-12,18-19H,1-2H3/b17-11+. The number of ether oxygens (including phenoxy) is 1. The Morgan fingerprint density at radius 3 is 2.48 bits per heavy atom. The Bertz CT molecular complexity index is 784. The van der Waals surface area contributed by atoms with Gasteiger partial charge in [0.2, 0.25) is 0 Å². The van der Waals surface area contributed by atoms with Crippen molar-refractivity contribution in [3.8, 4) is 11.5 Å². The van der Waals surface area contributed by atoms with E-state index in [4.69, 9.17) is 4.74 Å². The number of hydrogen-bond acceptors (Lipinski definition) is 5. The number of benzene rings is 2. The molecule has 0 saturated carbocycles. The average molecular weight is 334 g/mol. The quantitative estimate of drug-likeness (QED) is 0.627. The minimum absolute atomic E-state index is 0.0162. The van der Waals surface area contributed by atoms with E-state index >= 15 is 0 Å². The molecular formula is C16H18N2O4S. The fourth-order valence-corrected chi connectivity index (χ4v) is 2.59. The van der Waals surface area contributed by atoms with E-state index in [0.717, 1.165) is 0 Å². The third kappa shape index (κ3) is 5.00. The van der Waals surface area contributed by atoms with Gasteiger partial charge in [-0.25, -0.2) is 4.83 Å². The van der Waals surface area contributed by atoms with Gasteiger partial charge in [0.15, 0.2) is 0 Å². The van der Waals surface area contributed by atoms with Gasteiger partial charge in [-0.3, -0.25) is 0 Å². The smallest absolute Gasteiger partial charge is 0.276 e. The summed E-state index contributed by atoms with van der Waals surface area (Å²) in [4.78, 5) is 2.21. The molecule has 0 atom stereocenters. The number of rotatable bonds is 6. The van der Waals surface area contributed by atoms with Gasteiger partial charge in [0.05, 0.1) is 17.2 Å². The van der Waals surface area contributed by atoms with Crippen molar-refractivity contribution in [3.05, 3.63) is 54.1 Å². The van der Waals surface area contributed by atoms with Crippen molar-refractivity contribution in [2.45, 2.75) is 24.8 Å². The van der Waals surface area contributed by atoms with Crippen molar-refractivity contribution in [1.82, 2.24) is 4.83 Å². The summed E-state index contributed by atoms with van der Waals surface area (Å²) in [7, 11) is -3.75. The van der Waals surface area contributed by atoms with Gasteiger partial charge < -0.3 is 9.84 Å². The van der Waals surface area contributed by atoms with Crippen LogP contribution in [0.4, 0.5) is 0 Å². The van der Waals surface area contributed by atoms with Gasteiger partial charge in [-0.2, -0.15) is 13.5 Å². The van der Waals surface area contributed by atoms with Crippen molar-refractivity contribution in [2.75, 3.05) is 0 Å². The molecule has 2 N–H and O–H groups in total. The van der Waals surface area contributed by atoms with Crippen LogP contribution in [0.2, 0.25) is 0 Å². The summed E-state index contributed by atoms with van der Waals surface area (Å²) in [6.45, 7) is 3.78. The highest BCUT2D eigenvalue weighted by Gasteiger charge is 2.12. The maximum absolute atomic E-state index is 12.1. The number of hydrogen-bond donors (Lipinski definition) is 2. The summed E-state index contributed by atoms with van der Waals surface area (Å²) < 4.78 is 29.7. The number of phenols is 1. The largest absolute Gasteiger partial charge is 0.508 e. The first-order valence-corrected chi connectivity index (χ1v) is 8.46. The predicted molar refractivity (Wildman–Crippen MR) is 88.2 cm³/mol. The first kappa shape index (κ1) is 16.8. The molecule has 0 bridgehead atoms.